The van der Waals surface area contributed by atoms with Gasteiger partial charge in [0.05, 0.1) is 6.10 Å². The molecule has 0 radical (unpaired) electrons. The summed E-state index contributed by atoms with van der Waals surface area (Å²) in [6, 6.07) is 7.47. The number of aliphatic hydroxyl groups is 2. The Hall–Kier alpha value is -0.130. The number of hydrogen-bond acceptors (Lipinski definition) is 2. The molecule has 3 heteroatoms. The van der Waals surface area contributed by atoms with Gasteiger partial charge in [-0.1, -0.05) is 12.1 Å². The van der Waals surface area contributed by atoms with Crippen molar-refractivity contribution in [3.63, 3.8) is 0 Å². The van der Waals surface area contributed by atoms with Crippen LogP contribution in [0, 0.1) is 3.57 Å². The van der Waals surface area contributed by atoms with E-state index >= 15 is 0 Å². The van der Waals surface area contributed by atoms with Gasteiger partial charge in [-0.05, 0) is 47.2 Å². The summed E-state index contributed by atoms with van der Waals surface area (Å²) in [6.45, 7) is 1.57. The molecular formula is C9H11IO2. The van der Waals surface area contributed by atoms with Crippen molar-refractivity contribution >= 4 is 22.6 Å². The molecule has 0 aliphatic carbocycles. The average Bonchev–Trinajstić information content (AvgIpc) is 2.03. The van der Waals surface area contributed by atoms with Gasteiger partial charge in [0.15, 0.2) is 0 Å². The molecule has 0 heterocycles. The van der Waals surface area contributed by atoms with E-state index in [2.05, 4.69) is 22.6 Å². The first-order chi connectivity index (χ1) is 5.61. The van der Waals surface area contributed by atoms with E-state index in [-0.39, 0.29) is 0 Å². The molecule has 0 saturated carbocycles. The molecule has 1 rings (SSSR count). The second-order valence-corrected chi connectivity index (χ2v) is 3.99. The highest BCUT2D eigenvalue weighted by molar-refractivity contribution is 14.1. The molecule has 2 N–H and O–H groups in total. The van der Waals surface area contributed by atoms with E-state index in [4.69, 9.17) is 5.11 Å². The van der Waals surface area contributed by atoms with Crippen molar-refractivity contribution in [2.45, 2.75) is 19.1 Å². The van der Waals surface area contributed by atoms with Crippen LogP contribution in [-0.2, 0) is 0 Å². The van der Waals surface area contributed by atoms with Crippen LogP contribution in [0.1, 0.15) is 18.6 Å². The molecule has 1 aromatic carbocycles. The van der Waals surface area contributed by atoms with Crippen LogP contribution in [0.5, 0.6) is 0 Å². The smallest absolute Gasteiger partial charge is 0.105 e. The van der Waals surface area contributed by atoms with Crippen molar-refractivity contribution in [1.82, 2.24) is 0 Å². The lowest BCUT2D eigenvalue weighted by atomic mass is 10.1. The predicted molar refractivity (Wildman–Crippen MR) is 55.8 cm³/mol. The largest absolute Gasteiger partial charge is 0.390 e. The Morgan fingerprint density at radius 2 is 2.00 bits per heavy atom. The molecular weight excluding hydrogens is 267 g/mol. The van der Waals surface area contributed by atoms with Crippen molar-refractivity contribution in [1.29, 1.82) is 0 Å². The van der Waals surface area contributed by atoms with Crippen LogP contribution in [0.25, 0.3) is 0 Å². The zero-order valence-electron chi connectivity index (χ0n) is 6.74. The summed E-state index contributed by atoms with van der Waals surface area (Å²) >= 11 is 2.17. The summed E-state index contributed by atoms with van der Waals surface area (Å²) < 4.78 is 1.06. The van der Waals surface area contributed by atoms with Crippen LogP contribution in [-0.4, -0.2) is 16.3 Å². The lowest BCUT2D eigenvalue weighted by Crippen LogP contribution is -2.13. The summed E-state index contributed by atoms with van der Waals surface area (Å²) in [7, 11) is 0. The molecule has 1 unspecified atom stereocenters. The fourth-order valence-corrected chi connectivity index (χ4v) is 1.54. The van der Waals surface area contributed by atoms with Gasteiger partial charge >= 0.3 is 0 Å². The molecule has 66 valence electrons. The molecule has 0 spiro atoms. The summed E-state index contributed by atoms with van der Waals surface area (Å²) in [5.74, 6) is 0. The lowest BCUT2D eigenvalue weighted by molar-refractivity contribution is 0.0305. The van der Waals surface area contributed by atoms with E-state index in [9.17, 15) is 5.11 Å². The first-order valence-electron chi connectivity index (χ1n) is 3.73. The third-order valence-corrected chi connectivity index (χ3v) is 2.32. The molecule has 2 nitrogen and oxygen atoms in total. The quantitative estimate of drug-likeness (QED) is 0.808. The van der Waals surface area contributed by atoms with Crippen molar-refractivity contribution in [3.8, 4) is 0 Å². The summed E-state index contributed by atoms with van der Waals surface area (Å²) in [5, 5.41) is 18.6. The molecule has 2 atom stereocenters. The Bertz CT molecular complexity index is 260. The van der Waals surface area contributed by atoms with E-state index in [0.29, 0.717) is 0 Å². The number of hydrogen-bond donors (Lipinski definition) is 2. The highest BCUT2D eigenvalue weighted by Crippen LogP contribution is 2.18. The minimum absolute atomic E-state index is 0.719. The van der Waals surface area contributed by atoms with E-state index in [0.717, 1.165) is 9.13 Å². The fraction of sp³-hybridized carbons (Fsp3) is 0.333. The Balaban J connectivity index is 2.88. The van der Waals surface area contributed by atoms with Gasteiger partial charge in [0.1, 0.15) is 6.10 Å². The molecule has 12 heavy (non-hydrogen) atoms. The third kappa shape index (κ3) is 2.43. The van der Waals surface area contributed by atoms with Gasteiger partial charge in [-0.15, -0.1) is 0 Å². The first-order valence-corrected chi connectivity index (χ1v) is 4.80. The van der Waals surface area contributed by atoms with Gasteiger partial charge in [0, 0.05) is 3.57 Å². The topological polar surface area (TPSA) is 40.5 Å². The molecule has 0 aliphatic heterocycles. The van der Waals surface area contributed by atoms with E-state index in [1.165, 1.54) is 0 Å². The van der Waals surface area contributed by atoms with Crippen LogP contribution in [0.3, 0.4) is 0 Å². The maximum absolute atomic E-state index is 9.47. The Morgan fingerprint density at radius 3 is 2.50 bits per heavy atom. The number of aliphatic hydroxyl groups excluding tert-OH is 2. The molecule has 0 aliphatic rings. The second-order valence-electron chi connectivity index (χ2n) is 2.74. The van der Waals surface area contributed by atoms with Crippen LogP contribution in [0.4, 0.5) is 0 Å². The maximum Gasteiger partial charge on any atom is 0.105 e. The molecule has 0 amide bonds. The van der Waals surface area contributed by atoms with Gasteiger partial charge in [-0.2, -0.15) is 0 Å². The van der Waals surface area contributed by atoms with Crippen molar-refractivity contribution in [2.24, 2.45) is 0 Å². The molecule has 0 bridgehead atoms. The molecule has 0 saturated heterocycles. The minimum atomic E-state index is -0.778. The third-order valence-electron chi connectivity index (χ3n) is 1.65. The second kappa shape index (κ2) is 4.20. The maximum atomic E-state index is 9.47. The lowest BCUT2D eigenvalue weighted by Gasteiger charge is -2.13. The zero-order chi connectivity index (χ0) is 9.14. The van der Waals surface area contributed by atoms with Crippen molar-refractivity contribution in [2.75, 3.05) is 0 Å². The van der Waals surface area contributed by atoms with Crippen molar-refractivity contribution < 1.29 is 10.2 Å². The standard InChI is InChI=1S/C9H11IO2/c1-6(11)9(12)7-3-2-4-8(10)5-7/h2-6,9,11-12H,1H3/t6?,9-/m1/s1. The van der Waals surface area contributed by atoms with Crippen LogP contribution >= 0.6 is 22.6 Å². The van der Waals surface area contributed by atoms with Gasteiger partial charge < -0.3 is 10.2 Å². The van der Waals surface area contributed by atoms with Gasteiger partial charge in [-0.3, -0.25) is 0 Å². The fourth-order valence-electron chi connectivity index (χ4n) is 0.969. The Kier molecular flexibility index (Phi) is 3.49. The van der Waals surface area contributed by atoms with E-state index < -0.39 is 12.2 Å². The zero-order valence-corrected chi connectivity index (χ0v) is 8.89. The van der Waals surface area contributed by atoms with Crippen LogP contribution in [0.2, 0.25) is 0 Å². The monoisotopic (exact) mass is 278 g/mol. The van der Waals surface area contributed by atoms with Gasteiger partial charge in [-0.25, -0.2) is 0 Å². The number of halogens is 1. The summed E-state index contributed by atoms with van der Waals surface area (Å²) in [4.78, 5) is 0. The highest BCUT2D eigenvalue weighted by Gasteiger charge is 2.12. The minimum Gasteiger partial charge on any atom is -0.390 e. The first kappa shape index (κ1) is 9.95. The Morgan fingerprint density at radius 1 is 1.33 bits per heavy atom. The summed E-state index contributed by atoms with van der Waals surface area (Å²) in [6.07, 6.45) is -1.50. The SMILES string of the molecule is CC(O)[C@@H](O)c1cccc(I)c1. The number of rotatable bonds is 2. The van der Waals surface area contributed by atoms with E-state index in [1.807, 2.05) is 18.2 Å². The molecule has 1 aromatic rings. The summed E-state index contributed by atoms with van der Waals surface area (Å²) in [5.41, 5.74) is 0.761. The van der Waals surface area contributed by atoms with Gasteiger partial charge in [0.2, 0.25) is 0 Å². The Labute approximate surface area is 85.4 Å². The van der Waals surface area contributed by atoms with Gasteiger partial charge in [0.25, 0.3) is 0 Å². The normalized spacial score (nSPS) is 15.7. The number of benzene rings is 1. The highest BCUT2D eigenvalue weighted by atomic mass is 127. The molecule has 0 aromatic heterocycles. The van der Waals surface area contributed by atoms with Crippen LogP contribution < -0.4 is 0 Å². The average molecular weight is 278 g/mol. The van der Waals surface area contributed by atoms with Crippen LogP contribution in [0.15, 0.2) is 24.3 Å². The molecule has 0 fully saturated rings. The van der Waals surface area contributed by atoms with Crippen molar-refractivity contribution in [3.05, 3.63) is 33.4 Å². The van der Waals surface area contributed by atoms with E-state index in [1.54, 1.807) is 13.0 Å². The predicted octanol–water partition coefficient (Wildman–Crippen LogP) is 1.71.